The van der Waals surface area contributed by atoms with E-state index in [1.807, 2.05) is 0 Å². The summed E-state index contributed by atoms with van der Waals surface area (Å²) in [5, 5.41) is 0. The molecule has 2 atom stereocenters. The van der Waals surface area contributed by atoms with Crippen molar-refractivity contribution in [2.24, 2.45) is 5.73 Å². The zero-order valence-electron chi connectivity index (χ0n) is 11.4. The molecule has 2 aliphatic rings. The van der Waals surface area contributed by atoms with Gasteiger partial charge in [-0.3, -0.25) is 0 Å². The third-order valence-electron chi connectivity index (χ3n) is 4.37. The Labute approximate surface area is 110 Å². The van der Waals surface area contributed by atoms with Crippen molar-refractivity contribution in [1.29, 1.82) is 0 Å². The summed E-state index contributed by atoms with van der Waals surface area (Å²) in [5.41, 5.74) is 10.6. The maximum Gasteiger partial charge on any atom is 0.0405 e. The first kappa shape index (κ1) is 12.0. The van der Waals surface area contributed by atoms with Gasteiger partial charge in [-0.1, -0.05) is 12.1 Å². The Hall–Kier alpha value is -1.06. The Morgan fingerprint density at radius 1 is 1.39 bits per heavy atom. The highest BCUT2D eigenvalue weighted by Crippen LogP contribution is 2.48. The Morgan fingerprint density at radius 3 is 3.00 bits per heavy atom. The van der Waals surface area contributed by atoms with Gasteiger partial charge in [0.1, 0.15) is 0 Å². The van der Waals surface area contributed by atoms with Gasteiger partial charge in [-0.2, -0.15) is 0 Å². The first-order valence-electron chi connectivity index (χ1n) is 6.95. The van der Waals surface area contributed by atoms with Crippen LogP contribution in [0, 0.1) is 0 Å². The van der Waals surface area contributed by atoms with Crippen LogP contribution in [0.2, 0.25) is 0 Å². The molecule has 2 unspecified atom stereocenters. The first-order valence-corrected chi connectivity index (χ1v) is 6.95. The third-order valence-corrected chi connectivity index (χ3v) is 4.37. The van der Waals surface area contributed by atoms with E-state index in [0.29, 0.717) is 5.92 Å². The van der Waals surface area contributed by atoms with E-state index >= 15 is 0 Å². The molecule has 1 aromatic rings. The minimum atomic E-state index is 0.263. The highest BCUT2D eigenvalue weighted by atomic mass is 15.2. The Morgan fingerprint density at radius 2 is 2.22 bits per heavy atom. The molecule has 3 heteroatoms. The molecule has 0 saturated carbocycles. The van der Waals surface area contributed by atoms with Crippen molar-refractivity contribution in [2.45, 2.75) is 24.8 Å². The van der Waals surface area contributed by atoms with Crippen LogP contribution >= 0.6 is 0 Å². The van der Waals surface area contributed by atoms with Crippen molar-refractivity contribution in [1.82, 2.24) is 4.90 Å². The van der Waals surface area contributed by atoms with E-state index in [1.54, 1.807) is 5.56 Å². The van der Waals surface area contributed by atoms with Crippen molar-refractivity contribution < 1.29 is 0 Å². The normalized spacial score (nSPS) is 25.7. The topological polar surface area (TPSA) is 32.5 Å². The summed E-state index contributed by atoms with van der Waals surface area (Å²) in [6, 6.07) is 6.93. The molecular weight excluding hydrogens is 222 g/mol. The lowest BCUT2D eigenvalue weighted by Crippen LogP contribution is -2.36. The van der Waals surface area contributed by atoms with Crippen molar-refractivity contribution in [3.63, 3.8) is 0 Å². The van der Waals surface area contributed by atoms with Crippen LogP contribution in [0.5, 0.6) is 0 Å². The Bertz CT molecular complexity index is 441. The number of anilines is 1. The van der Waals surface area contributed by atoms with Crippen LogP contribution < -0.4 is 10.6 Å². The number of rotatable bonds is 3. The van der Waals surface area contributed by atoms with Crippen molar-refractivity contribution >= 4 is 5.69 Å². The highest BCUT2D eigenvalue weighted by Gasteiger charge is 2.35. The van der Waals surface area contributed by atoms with E-state index in [1.165, 1.54) is 24.2 Å². The number of hydrogen-bond acceptors (Lipinski definition) is 3. The van der Waals surface area contributed by atoms with Crippen LogP contribution in [0.15, 0.2) is 18.2 Å². The van der Waals surface area contributed by atoms with Gasteiger partial charge in [0.25, 0.3) is 0 Å². The zero-order valence-corrected chi connectivity index (χ0v) is 11.4. The summed E-state index contributed by atoms with van der Waals surface area (Å²) >= 11 is 0. The molecule has 0 spiro atoms. The van der Waals surface area contributed by atoms with Crippen LogP contribution in [-0.2, 0) is 0 Å². The number of benzene rings is 1. The molecule has 1 heterocycles. The minimum absolute atomic E-state index is 0.263. The SMILES string of the molecule is CN(C)CCN1CCC2CC(N)c3cccc1c32. The predicted molar refractivity (Wildman–Crippen MR) is 76.1 cm³/mol. The van der Waals surface area contributed by atoms with Crippen LogP contribution in [0.1, 0.15) is 35.9 Å². The molecule has 98 valence electrons. The Kier molecular flexibility index (Phi) is 3.04. The number of nitrogens with zero attached hydrogens (tertiary/aromatic N) is 2. The van der Waals surface area contributed by atoms with Gasteiger partial charge in [-0.15, -0.1) is 0 Å². The maximum absolute atomic E-state index is 6.25. The second-order valence-corrected chi connectivity index (χ2v) is 5.90. The molecule has 18 heavy (non-hydrogen) atoms. The van der Waals surface area contributed by atoms with Crippen LogP contribution in [0.4, 0.5) is 5.69 Å². The van der Waals surface area contributed by atoms with Gasteiger partial charge < -0.3 is 15.5 Å². The van der Waals surface area contributed by atoms with Crippen molar-refractivity contribution in [2.75, 3.05) is 38.6 Å². The van der Waals surface area contributed by atoms with Gasteiger partial charge in [0, 0.05) is 31.4 Å². The van der Waals surface area contributed by atoms with Gasteiger partial charge in [0.05, 0.1) is 0 Å². The van der Waals surface area contributed by atoms with Crippen molar-refractivity contribution in [3.05, 3.63) is 29.3 Å². The second-order valence-electron chi connectivity index (χ2n) is 5.90. The average molecular weight is 245 g/mol. The molecule has 0 amide bonds. The van der Waals surface area contributed by atoms with Crippen LogP contribution in [-0.4, -0.2) is 38.6 Å². The van der Waals surface area contributed by atoms with Crippen LogP contribution in [0.3, 0.4) is 0 Å². The quantitative estimate of drug-likeness (QED) is 0.883. The van der Waals surface area contributed by atoms with Gasteiger partial charge >= 0.3 is 0 Å². The molecule has 3 nitrogen and oxygen atoms in total. The Balaban J connectivity index is 1.90. The minimum Gasteiger partial charge on any atom is -0.370 e. The molecule has 0 aromatic heterocycles. The van der Waals surface area contributed by atoms with E-state index in [-0.39, 0.29) is 6.04 Å². The highest BCUT2D eigenvalue weighted by molar-refractivity contribution is 5.62. The first-order chi connectivity index (χ1) is 8.66. The molecule has 2 N–H and O–H groups in total. The summed E-state index contributed by atoms with van der Waals surface area (Å²) in [5.74, 6) is 0.710. The summed E-state index contributed by atoms with van der Waals surface area (Å²) in [7, 11) is 4.27. The summed E-state index contributed by atoms with van der Waals surface area (Å²) in [6.45, 7) is 3.41. The lowest BCUT2D eigenvalue weighted by atomic mass is 9.91. The second kappa shape index (κ2) is 4.56. The van der Waals surface area contributed by atoms with Gasteiger partial charge in [0.15, 0.2) is 0 Å². The lowest BCUT2D eigenvalue weighted by Gasteiger charge is -2.35. The third kappa shape index (κ3) is 1.91. The molecule has 0 radical (unpaired) electrons. The fourth-order valence-electron chi connectivity index (χ4n) is 3.41. The molecule has 0 bridgehead atoms. The molecule has 1 aliphatic carbocycles. The molecule has 0 saturated heterocycles. The smallest absolute Gasteiger partial charge is 0.0405 e. The van der Waals surface area contributed by atoms with E-state index in [9.17, 15) is 0 Å². The zero-order chi connectivity index (χ0) is 12.7. The maximum atomic E-state index is 6.25. The van der Waals surface area contributed by atoms with Gasteiger partial charge in [0.2, 0.25) is 0 Å². The lowest BCUT2D eigenvalue weighted by molar-refractivity contribution is 0.408. The molecular formula is C15H23N3. The van der Waals surface area contributed by atoms with E-state index < -0.39 is 0 Å². The van der Waals surface area contributed by atoms with Gasteiger partial charge in [-0.25, -0.2) is 0 Å². The van der Waals surface area contributed by atoms with E-state index in [0.717, 1.165) is 19.5 Å². The number of likely N-dealkylation sites (N-methyl/N-ethyl adjacent to an activating group) is 1. The van der Waals surface area contributed by atoms with E-state index in [4.69, 9.17) is 5.73 Å². The average Bonchev–Trinajstić information content (AvgIpc) is 2.68. The number of nitrogens with two attached hydrogens (primary N) is 1. The summed E-state index contributed by atoms with van der Waals surface area (Å²) < 4.78 is 0. The van der Waals surface area contributed by atoms with Crippen LogP contribution in [0.25, 0.3) is 0 Å². The monoisotopic (exact) mass is 245 g/mol. The van der Waals surface area contributed by atoms with E-state index in [2.05, 4.69) is 42.1 Å². The predicted octanol–water partition coefficient (Wildman–Crippen LogP) is 1.95. The molecule has 1 aliphatic heterocycles. The van der Waals surface area contributed by atoms with Crippen molar-refractivity contribution in [3.8, 4) is 0 Å². The largest absolute Gasteiger partial charge is 0.370 e. The molecule has 1 aromatic carbocycles. The van der Waals surface area contributed by atoms with Gasteiger partial charge in [-0.05, 0) is 50.0 Å². The molecule has 0 fully saturated rings. The number of hydrogen-bond donors (Lipinski definition) is 1. The fraction of sp³-hybridized carbons (Fsp3) is 0.600. The molecule has 3 rings (SSSR count). The summed E-state index contributed by atoms with van der Waals surface area (Å²) in [6.07, 6.45) is 2.42. The summed E-state index contributed by atoms with van der Waals surface area (Å²) in [4.78, 5) is 4.79. The standard InChI is InChI=1S/C15H23N3/c1-17(2)8-9-18-7-6-11-10-13(16)12-4-3-5-14(18)15(11)12/h3-5,11,13H,6-10,16H2,1-2H3. The fourth-order valence-corrected chi connectivity index (χ4v) is 3.41.